The van der Waals surface area contributed by atoms with Gasteiger partial charge >= 0.3 is 0 Å². The van der Waals surface area contributed by atoms with Crippen LogP contribution in [0.25, 0.3) is 27.8 Å². The number of nitrogens with one attached hydrogen (secondary N) is 3. The minimum Gasteiger partial charge on any atom is -0.277 e. The fourth-order valence-electron chi connectivity index (χ4n) is 3.44. The molecule has 0 aliphatic rings. The van der Waals surface area contributed by atoms with E-state index in [0.717, 1.165) is 16.8 Å². The van der Waals surface area contributed by atoms with Crippen LogP contribution >= 0.6 is 0 Å². The molecule has 156 valence electrons. The molecule has 5 rings (SSSR count). The number of amides is 2. The van der Waals surface area contributed by atoms with E-state index in [-0.39, 0.29) is 5.69 Å². The Labute approximate surface area is 182 Å². The van der Waals surface area contributed by atoms with Gasteiger partial charge in [-0.2, -0.15) is 10.2 Å². The number of hydrogen-bond acceptors (Lipinski definition) is 4. The molecule has 0 aliphatic carbocycles. The van der Waals surface area contributed by atoms with E-state index in [1.54, 1.807) is 16.9 Å². The van der Waals surface area contributed by atoms with E-state index < -0.39 is 11.8 Å². The van der Waals surface area contributed by atoms with E-state index in [4.69, 9.17) is 0 Å². The number of aromatic nitrogens is 4. The highest BCUT2D eigenvalue weighted by Crippen LogP contribution is 2.23. The summed E-state index contributed by atoms with van der Waals surface area (Å²) in [5.41, 5.74) is 8.30. The first-order valence-electron chi connectivity index (χ1n) is 9.95. The Balaban J connectivity index is 1.42. The molecule has 2 aromatic heterocycles. The summed E-state index contributed by atoms with van der Waals surface area (Å²) in [5, 5.41) is 12.1. The SMILES string of the molecule is O=C(NNC(=O)c1n[nH]c2ccccc12)c1cn(-c2ccccc2)nc1-c1ccccc1. The number of para-hydroxylation sites is 2. The Kier molecular flexibility index (Phi) is 4.93. The first kappa shape index (κ1) is 19.3. The third-order valence-corrected chi connectivity index (χ3v) is 5.00. The smallest absolute Gasteiger partial charge is 0.277 e. The van der Waals surface area contributed by atoms with Gasteiger partial charge in [0.25, 0.3) is 11.8 Å². The first-order valence-corrected chi connectivity index (χ1v) is 9.95. The number of carbonyl (C=O) groups is 2. The van der Waals surface area contributed by atoms with Crippen LogP contribution in [0.4, 0.5) is 0 Å². The molecule has 0 bridgehead atoms. The molecule has 8 heteroatoms. The van der Waals surface area contributed by atoms with E-state index in [0.29, 0.717) is 16.6 Å². The lowest BCUT2D eigenvalue weighted by Crippen LogP contribution is -2.41. The van der Waals surface area contributed by atoms with E-state index in [1.807, 2.05) is 78.9 Å². The third-order valence-electron chi connectivity index (χ3n) is 5.00. The van der Waals surface area contributed by atoms with Crippen LogP contribution in [0.2, 0.25) is 0 Å². The van der Waals surface area contributed by atoms with Gasteiger partial charge in [0, 0.05) is 17.1 Å². The van der Waals surface area contributed by atoms with E-state index >= 15 is 0 Å². The fraction of sp³-hybridized carbons (Fsp3) is 0. The Hall–Kier alpha value is -4.72. The molecule has 3 aromatic carbocycles. The summed E-state index contributed by atoms with van der Waals surface area (Å²) in [6.07, 6.45) is 1.64. The molecule has 0 aliphatic heterocycles. The van der Waals surface area contributed by atoms with Gasteiger partial charge in [0.1, 0.15) is 5.69 Å². The lowest BCUT2D eigenvalue weighted by Gasteiger charge is -2.06. The van der Waals surface area contributed by atoms with Crippen molar-refractivity contribution in [3.8, 4) is 16.9 Å². The molecule has 0 saturated carbocycles. The maximum Gasteiger partial charge on any atom is 0.290 e. The maximum absolute atomic E-state index is 13.0. The van der Waals surface area contributed by atoms with Crippen LogP contribution < -0.4 is 10.9 Å². The molecule has 0 atom stereocenters. The monoisotopic (exact) mass is 422 g/mol. The minimum absolute atomic E-state index is 0.198. The fourth-order valence-corrected chi connectivity index (χ4v) is 3.44. The predicted octanol–water partition coefficient (Wildman–Crippen LogP) is 3.49. The summed E-state index contributed by atoms with van der Waals surface area (Å²) >= 11 is 0. The second kappa shape index (κ2) is 8.19. The lowest BCUT2D eigenvalue weighted by molar-refractivity contribution is 0.0845. The number of rotatable bonds is 4. The molecule has 0 unspecified atom stereocenters. The van der Waals surface area contributed by atoms with Gasteiger partial charge in [-0.15, -0.1) is 0 Å². The van der Waals surface area contributed by atoms with Crippen LogP contribution in [0.5, 0.6) is 0 Å². The van der Waals surface area contributed by atoms with Gasteiger partial charge in [-0.3, -0.25) is 25.5 Å². The van der Waals surface area contributed by atoms with Crippen molar-refractivity contribution in [1.82, 2.24) is 30.8 Å². The Bertz CT molecular complexity index is 1410. The zero-order chi connectivity index (χ0) is 21.9. The molecule has 8 nitrogen and oxygen atoms in total. The van der Waals surface area contributed by atoms with Crippen LogP contribution in [0.1, 0.15) is 20.8 Å². The third kappa shape index (κ3) is 3.61. The Morgan fingerprint density at radius 2 is 1.44 bits per heavy atom. The number of hydrogen-bond donors (Lipinski definition) is 3. The van der Waals surface area contributed by atoms with Crippen molar-refractivity contribution in [2.75, 3.05) is 0 Å². The standard InChI is InChI=1S/C24H18N6O2/c31-23(27-28-24(32)22-18-13-7-8-14-20(18)25-26-22)19-15-30(17-11-5-2-6-12-17)29-21(19)16-9-3-1-4-10-16/h1-15H,(H,25,26)(H,27,31)(H,28,32). The van der Waals surface area contributed by atoms with Crippen molar-refractivity contribution in [3.63, 3.8) is 0 Å². The Morgan fingerprint density at radius 3 is 2.22 bits per heavy atom. The number of benzene rings is 3. The normalized spacial score (nSPS) is 10.8. The summed E-state index contributed by atoms with van der Waals surface area (Å²) in [7, 11) is 0. The minimum atomic E-state index is -0.521. The zero-order valence-corrected chi connectivity index (χ0v) is 16.8. The van der Waals surface area contributed by atoms with E-state index in [1.165, 1.54) is 0 Å². The van der Waals surface area contributed by atoms with Crippen molar-refractivity contribution in [1.29, 1.82) is 0 Å². The van der Waals surface area contributed by atoms with Gasteiger partial charge in [-0.25, -0.2) is 4.68 Å². The van der Waals surface area contributed by atoms with Crippen LogP contribution in [0.15, 0.2) is 91.1 Å². The van der Waals surface area contributed by atoms with Crippen LogP contribution in [-0.2, 0) is 0 Å². The quantitative estimate of drug-likeness (QED) is 0.386. The molecule has 2 amide bonds. The Morgan fingerprint density at radius 1 is 0.781 bits per heavy atom. The predicted molar refractivity (Wildman–Crippen MR) is 120 cm³/mol. The van der Waals surface area contributed by atoms with E-state index in [2.05, 4.69) is 26.1 Å². The van der Waals surface area contributed by atoms with Crippen LogP contribution in [0, 0.1) is 0 Å². The van der Waals surface area contributed by atoms with Gasteiger partial charge in [0.05, 0.1) is 16.8 Å². The first-order chi connectivity index (χ1) is 15.7. The topological polar surface area (TPSA) is 105 Å². The highest BCUT2D eigenvalue weighted by atomic mass is 16.2. The average Bonchev–Trinajstić information content (AvgIpc) is 3.49. The molecule has 32 heavy (non-hydrogen) atoms. The van der Waals surface area contributed by atoms with Crippen molar-refractivity contribution in [3.05, 3.63) is 102 Å². The second-order valence-corrected chi connectivity index (χ2v) is 7.06. The highest BCUT2D eigenvalue weighted by Gasteiger charge is 2.20. The number of aromatic amines is 1. The van der Waals surface area contributed by atoms with Gasteiger partial charge in [0.15, 0.2) is 5.69 Å². The molecular formula is C24H18N6O2. The maximum atomic E-state index is 13.0. The molecule has 0 spiro atoms. The molecule has 3 N–H and O–H groups in total. The van der Waals surface area contributed by atoms with Crippen molar-refractivity contribution >= 4 is 22.7 Å². The molecule has 0 fully saturated rings. The highest BCUT2D eigenvalue weighted by molar-refractivity contribution is 6.06. The number of carbonyl (C=O) groups excluding carboxylic acids is 2. The summed E-state index contributed by atoms with van der Waals surface area (Å²) in [6, 6.07) is 26.2. The lowest BCUT2D eigenvalue weighted by atomic mass is 10.1. The second-order valence-electron chi connectivity index (χ2n) is 7.06. The average molecular weight is 422 g/mol. The van der Waals surface area contributed by atoms with Crippen molar-refractivity contribution in [2.24, 2.45) is 0 Å². The number of H-pyrrole nitrogens is 1. The molecule has 5 aromatic rings. The van der Waals surface area contributed by atoms with Gasteiger partial charge in [0.2, 0.25) is 0 Å². The number of nitrogens with zero attached hydrogens (tertiary/aromatic N) is 3. The molecule has 0 radical (unpaired) electrons. The molecule has 0 saturated heterocycles. The van der Waals surface area contributed by atoms with E-state index in [9.17, 15) is 9.59 Å². The molecular weight excluding hydrogens is 404 g/mol. The summed E-state index contributed by atoms with van der Waals surface area (Å²) in [5.74, 6) is -1.01. The van der Waals surface area contributed by atoms with Gasteiger partial charge < -0.3 is 0 Å². The van der Waals surface area contributed by atoms with Gasteiger partial charge in [-0.05, 0) is 18.2 Å². The summed E-state index contributed by atoms with van der Waals surface area (Å²) in [6.45, 7) is 0. The van der Waals surface area contributed by atoms with Crippen LogP contribution in [0.3, 0.4) is 0 Å². The van der Waals surface area contributed by atoms with Crippen molar-refractivity contribution in [2.45, 2.75) is 0 Å². The molecule has 2 heterocycles. The van der Waals surface area contributed by atoms with Crippen molar-refractivity contribution < 1.29 is 9.59 Å². The van der Waals surface area contributed by atoms with Gasteiger partial charge in [-0.1, -0.05) is 66.7 Å². The summed E-state index contributed by atoms with van der Waals surface area (Å²) in [4.78, 5) is 25.6. The zero-order valence-electron chi connectivity index (χ0n) is 16.8. The number of fused-ring (bicyclic) bond motifs is 1. The largest absolute Gasteiger partial charge is 0.290 e. The summed E-state index contributed by atoms with van der Waals surface area (Å²) < 4.78 is 1.64. The number of hydrazine groups is 1. The van der Waals surface area contributed by atoms with Crippen LogP contribution in [-0.4, -0.2) is 31.8 Å².